The number of aryl methyl sites for hydroxylation is 1. The zero-order chi connectivity index (χ0) is 22.8. The Bertz CT molecular complexity index is 1080. The number of hydrogen-bond donors (Lipinski definition) is 1. The number of ether oxygens (including phenoxy) is 2. The van der Waals surface area contributed by atoms with Gasteiger partial charge in [-0.2, -0.15) is 5.10 Å². The summed E-state index contributed by atoms with van der Waals surface area (Å²) in [5.41, 5.74) is 4.92. The Morgan fingerprint density at radius 3 is 2.34 bits per heavy atom. The van der Waals surface area contributed by atoms with Gasteiger partial charge in [-0.3, -0.25) is 4.79 Å². The fourth-order valence-corrected chi connectivity index (χ4v) is 3.42. The average molecular weight is 542 g/mol. The standard InChI is InChI=1S/C25H23IN2O4/c1-2-5-18-8-12-20(13-9-18)31-17-24(29)28-27-16-19-10-14-21(15-11-19)32-25(30)22-6-3-4-7-23(22)26/h3-4,6-16H,2,5,17H2,1H3,(H,28,29)/b27-16+. The van der Waals surface area contributed by atoms with Crippen LogP contribution >= 0.6 is 22.6 Å². The predicted molar refractivity (Wildman–Crippen MR) is 132 cm³/mol. The normalized spacial score (nSPS) is 10.7. The first-order valence-corrected chi connectivity index (χ1v) is 11.2. The van der Waals surface area contributed by atoms with Crippen LogP contribution in [0.1, 0.15) is 34.8 Å². The monoisotopic (exact) mass is 542 g/mol. The number of hydrogen-bond acceptors (Lipinski definition) is 5. The first kappa shape index (κ1) is 23.5. The van der Waals surface area contributed by atoms with Crippen molar-refractivity contribution >= 4 is 40.7 Å². The van der Waals surface area contributed by atoms with Gasteiger partial charge in [0.2, 0.25) is 0 Å². The van der Waals surface area contributed by atoms with Gasteiger partial charge >= 0.3 is 5.97 Å². The number of hydrazone groups is 1. The molecule has 3 aromatic carbocycles. The Morgan fingerprint density at radius 1 is 0.969 bits per heavy atom. The van der Waals surface area contributed by atoms with Crippen LogP contribution in [-0.2, 0) is 11.2 Å². The van der Waals surface area contributed by atoms with E-state index >= 15 is 0 Å². The van der Waals surface area contributed by atoms with Crippen molar-refractivity contribution in [3.05, 3.63) is 93.1 Å². The Kier molecular flexibility index (Phi) is 8.79. The van der Waals surface area contributed by atoms with Gasteiger partial charge in [0.25, 0.3) is 5.91 Å². The number of esters is 1. The number of amides is 1. The van der Waals surface area contributed by atoms with Gasteiger partial charge < -0.3 is 9.47 Å². The van der Waals surface area contributed by atoms with Gasteiger partial charge in [-0.25, -0.2) is 10.2 Å². The molecule has 3 aromatic rings. The number of halogens is 1. The molecule has 0 fully saturated rings. The van der Waals surface area contributed by atoms with E-state index in [0.717, 1.165) is 22.0 Å². The van der Waals surface area contributed by atoms with E-state index in [0.29, 0.717) is 17.1 Å². The smallest absolute Gasteiger partial charge is 0.344 e. The molecule has 0 aromatic heterocycles. The van der Waals surface area contributed by atoms with Crippen LogP contribution in [0.5, 0.6) is 11.5 Å². The van der Waals surface area contributed by atoms with Crippen molar-refractivity contribution in [1.29, 1.82) is 0 Å². The van der Waals surface area contributed by atoms with Crippen LogP contribution in [0.25, 0.3) is 0 Å². The van der Waals surface area contributed by atoms with Crippen molar-refractivity contribution in [3.63, 3.8) is 0 Å². The van der Waals surface area contributed by atoms with Crippen molar-refractivity contribution in [2.24, 2.45) is 5.10 Å². The number of rotatable bonds is 9. The minimum absolute atomic E-state index is 0.127. The Labute approximate surface area is 200 Å². The Morgan fingerprint density at radius 2 is 1.66 bits per heavy atom. The van der Waals surface area contributed by atoms with Crippen LogP contribution in [-0.4, -0.2) is 24.7 Å². The summed E-state index contributed by atoms with van der Waals surface area (Å²) in [4.78, 5) is 24.2. The molecule has 0 unspecified atom stereocenters. The molecule has 0 aliphatic rings. The van der Waals surface area contributed by atoms with Crippen molar-refractivity contribution < 1.29 is 19.1 Å². The third kappa shape index (κ3) is 7.19. The van der Waals surface area contributed by atoms with Gasteiger partial charge in [-0.15, -0.1) is 0 Å². The highest BCUT2D eigenvalue weighted by atomic mass is 127. The molecular weight excluding hydrogens is 519 g/mol. The Hall–Kier alpha value is -3.20. The summed E-state index contributed by atoms with van der Waals surface area (Å²) >= 11 is 2.10. The lowest BCUT2D eigenvalue weighted by molar-refractivity contribution is -0.123. The average Bonchev–Trinajstić information content (AvgIpc) is 2.80. The lowest BCUT2D eigenvalue weighted by atomic mass is 10.1. The number of nitrogens with zero attached hydrogens (tertiary/aromatic N) is 1. The van der Waals surface area contributed by atoms with E-state index in [1.54, 1.807) is 36.4 Å². The summed E-state index contributed by atoms with van der Waals surface area (Å²) in [6.45, 7) is 2.00. The maximum Gasteiger partial charge on any atom is 0.344 e. The van der Waals surface area contributed by atoms with E-state index in [2.05, 4.69) is 40.0 Å². The summed E-state index contributed by atoms with van der Waals surface area (Å²) in [5, 5.41) is 3.93. The molecule has 0 aliphatic heterocycles. The molecule has 0 radical (unpaired) electrons. The number of carbonyl (C=O) groups excluding carboxylic acids is 2. The molecule has 0 atom stereocenters. The molecule has 3 rings (SSSR count). The molecule has 1 amide bonds. The zero-order valence-corrected chi connectivity index (χ0v) is 19.7. The summed E-state index contributed by atoms with van der Waals surface area (Å²) in [6.07, 6.45) is 3.61. The molecule has 7 heteroatoms. The van der Waals surface area contributed by atoms with Crippen molar-refractivity contribution in [2.75, 3.05) is 6.61 Å². The van der Waals surface area contributed by atoms with Crippen LogP contribution in [0.15, 0.2) is 77.9 Å². The van der Waals surface area contributed by atoms with Gasteiger partial charge in [-0.05, 0) is 88.7 Å². The van der Waals surface area contributed by atoms with E-state index < -0.39 is 5.97 Å². The minimum atomic E-state index is -0.413. The number of carbonyl (C=O) groups is 2. The second-order valence-corrected chi connectivity index (χ2v) is 8.08. The van der Waals surface area contributed by atoms with Crippen molar-refractivity contribution in [2.45, 2.75) is 19.8 Å². The van der Waals surface area contributed by atoms with E-state index in [1.807, 2.05) is 36.4 Å². The Balaban J connectivity index is 1.44. The summed E-state index contributed by atoms with van der Waals surface area (Å²) < 4.78 is 11.7. The molecule has 0 spiro atoms. The molecule has 0 saturated carbocycles. The third-order valence-electron chi connectivity index (χ3n) is 4.42. The van der Waals surface area contributed by atoms with Crippen LogP contribution < -0.4 is 14.9 Å². The quantitative estimate of drug-likeness (QED) is 0.136. The summed E-state index contributed by atoms with van der Waals surface area (Å²) in [5.74, 6) is 0.291. The predicted octanol–water partition coefficient (Wildman–Crippen LogP) is 4.99. The van der Waals surface area contributed by atoms with E-state index in [4.69, 9.17) is 9.47 Å². The molecule has 1 N–H and O–H groups in total. The van der Waals surface area contributed by atoms with Gasteiger partial charge in [0.1, 0.15) is 11.5 Å². The summed E-state index contributed by atoms with van der Waals surface area (Å²) in [6, 6.07) is 21.7. The van der Waals surface area contributed by atoms with E-state index in [-0.39, 0.29) is 12.5 Å². The van der Waals surface area contributed by atoms with E-state index in [1.165, 1.54) is 11.8 Å². The second-order valence-electron chi connectivity index (χ2n) is 6.91. The molecule has 6 nitrogen and oxygen atoms in total. The largest absolute Gasteiger partial charge is 0.484 e. The topological polar surface area (TPSA) is 77.0 Å². The van der Waals surface area contributed by atoms with Gasteiger partial charge in [0, 0.05) is 3.57 Å². The van der Waals surface area contributed by atoms with E-state index in [9.17, 15) is 9.59 Å². The number of nitrogens with one attached hydrogen (secondary N) is 1. The highest BCUT2D eigenvalue weighted by Crippen LogP contribution is 2.17. The highest BCUT2D eigenvalue weighted by Gasteiger charge is 2.11. The van der Waals surface area contributed by atoms with Crippen LogP contribution in [0.3, 0.4) is 0 Å². The molecular formula is C25H23IN2O4. The van der Waals surface area contributed by atoms with Gasteiger partial charge in [-0.1, -0.05) is 37.6 Å². The van der Waals surface area contributed by atoms with Crippen LogP contribution in [0.4, 0.5) is 0 Å². The maximum absolute atomic E-state index is 12.3. The van der Waals surface area contributed by atoms with Gasteiger partial charge in [0.15, 0.2) is 6.61 Å². The first-order valence-electron chi connectivity index (χ1n) is 10.2. The maximum atomic E-state index is 12.3. The SMILES string of the molecule is CCCc1ccc(OCC(=O)N/N=C/c2ccc(OC(=O)c3ccccc3I)cc2)cc1. The van der Waals surface area contributed by atoms with Crippen LogP contribution in [0, 0.1) is 3.57 Å². The second kappa shape index (κ2) is 12.0. The molecule has 0 bridgehead atoms. The van der Waals surface area contributed by atoms with Crippen LogP contribution in [0.2, 0.25) is 0 Å². The number of benzene rings is 3. The first-order chi connectivity index (χ1) is 15.5. The van der Waals surface area contributed by atoms with Gasteiger partial charge in [0.05, 0.1) is 11.8 Å². The fraction of sp³-hybridized carbons (Fsp3) is 0.160. The molecule has 0 aliphatic carbocycles. The fourth-order valence-electron chi connectivity index (χ4n) is 2.81. The summed E-state index contributed by atoms with van der Waals surface area (Å²) in [7, 11) is 0. The highest BCUT2D eigenvalue weighted by molar-refractivity contribution is 14.1. The lowest BCUT2D eigenvalue weighted by Gasteiger charge is -2.06. The minimum Gasteiger partial charge on any atom is -0.484 e. The lowest BCUT2D eigenvalue weighted by Crippen LogP contribution is -2.24. The molecule has 0 heterocycles. The zero-order valence-electron chi connectivity index (χ0n) is 17.6. The third-order valence-corrected chi connectivity index (χ3v) is 5.36. The molecule has 164 valence electrons. The molecule has 0 saturated heterocycles. The van der Waals surface area contributed by atoms with Crippen molar-refractivity contribution in [1.82, 2.24) is 5.43 Å². The molecule has 32 heavy (non-hydrogen) atoms. The van der Waals surface area contributed by atoms with Crippen molar-refractivity contribution in [3.8, 4) is 11.5 Å².